The van der Waals surface area contributed by atoms with Gasteiger partial charge < -0.3 is 4.90 Å². The molecule has 2 heterocycles. The normalized spacial score (nSPS) is 24.5. The Morgan fingerprint density at radius 1 is 1.18 bits per heavy atom. The summed E-state index contributed by atoms with van der Waals surface area (Å²) in [5, 5.41) is 0.753. The Morgan fingerprint density at radius 3 is 2.59 bits per heavy atom. The molecule has 1 aromatic carbocycles. The molecule has 0 bridgehead atoms. The molecule has 0 amide bonds. The molecule has 1 aliphatic heterocycles. The van der Waals surface area contributed by atoms with E-state index in [1.165, 1.54) is 37.8 Å². The zero-order chi connectivity index (χ0) is 15.1. The highest BCUT2D eigenvalue weighted by Gasteiger charge is 2.35. The second kappa shape index (κ2) is 5.34. The lowest BCUT2D eigenvalue weighted by atomic mass is 9.82. The summed E-state index contributed by atoms with van der Waals surface area (Å²) in [7, 11) is 0. The SMILES string of the molecule is O=Cc1cnc2ccc(F)cc2c1N1C[C@H]2CCCC[C@H]2C1. The fourth-order valence-corrected chi connectivity index (χ4v) is 4.19. The molecular formula is C18H19FN2O. The van der Waals surface area contributed by atoms with E-state index >= 15 is 0 Å². The van der Waals surface area contributed by atoms with Crippen LogP contribution in [-0.4, -0.2) is 24.4 Å². The minimum Gasteiger partial charge on any atom is -0.370 e. The summed E-state index contributed by atoms with van der Waals surface area (Å²) < 4.78 is 13.7. The van der Waals surface area contributed by atoms with Crippen molar-refractivity contribution < 1.29 is 9.18 Å². The van der Waals surface area contributed by atoms with Crippen molar-refractivity contribution in [1.82, 2.24) is 4.98 Å². The fourth-order valence-electron chi connectivity index (χ4n) is 4.19. The Morgan fingerprint density at radius 2 is 1.91 bits per heavy atom. The third-order valence-corrected chi connectivity index (χ3v) is 5.25. The van der Waals surface area contributed by atoms with Gasteiger partial charge in [0.15, 0.2) is 6.29 Å². The van der Waals surface area contributed by atoms with Gasteiger partial charge in [-0.05, 0) is 42.9 Å². The molecule has 2 atom stereocenters. The van der Waals surface area contributed by atoms with Crippen LogP contribution in [0.15, 0.2) is 24.4 Å². The van der Waals surface area contributed by atoms with Gasteiger partial charge in [-0.1, -0.05) is 12.8 Å². The van der Waals surface area contributed by atoms with Gasteiger partial charge in [-0.25, -0.2) is 4.39 Å². The summed E-state index contributed by atoms with van der Waals surface area (Å²) in [6.45, 7) is 1.95. The molecule has 0 unspecified atom stereocenters. The molecule has 3 nitrogen and oxygen atoms in total. The van der Waals surface area contributed by atoms with E-state index in [4.69, 9.17) is 0 Å². The van der Waals surface area contributed by atoms with Crippen molar-refractivity contribution in [2.75, 3.05) is 18.0 Å². The van der Waals surface area contributed by atoms with Gasteiger partial charge in [-0.3, -0.25) is 9.78 Å². The van der Waals surface area contributed by atoms with E-state index in [2.05, 4.69) is 9.88 Å². The molecular weight excluding hydrogens is 279 g/mol. The summed E-state index contributed by atoms with van der Waals surface area (Å²) in [4.78, 5) is 18.0. The second-order valence-electron chi connectivity index (χ2n) is 6.55. The fraction of sp³-hybridized carbons (Fsp3) is 0.444. The zero-order valence-electron chi connectivity index (χ0n) is 12.5. The molecule has 1 aromatic heterocycles. The minimum atomic E-state index is -0.282. The monoisotopic (exact) mass is 298 g/mol. The van der Waals surface area contributed by atoms with E-state index in [-0.39, 0.29) is 5.82 Å². The van der Waals surface area contributed by atoms with Crippen molar-refractivity contribution in [3.8, 4) is 0 Å². The van der Waals surface area contributed by atoms with E-state index in [0.29, 0.717) is 17.4 Å². The number of halogens is 1. The number of aromatic nitrogens is 1. The number of nitrogens with zero attached hydrogens (tertiary/aromatic N) is 2. The molecule has 2 fully saturated rings. The first-order chi connectivity index (χ1) is 10.8. The van der Waals surface area contributed by atoms with Gasteiger partial charge in [0.25, 0.3) is 0 Å². The maximum atomic E-state index is 13.7. The standard InChI is InChI=1S/C18H19FN2O/c19-15-5-6-17-16(7-15)18(14(11-22)8-20-17)21-9-12-3-1-2-4-13(12)10-21/h5-8,11-13H,1-4,9-10H2/t12-,13+. The first kappa shape index (κ1) is 13.7. The van der Waals surface area contributed by atoms with Crippen molar-refractivity contribution in [3.05, 3.63) is 35.8 Å². The lowest BCUT2D eigenvalue weighted by Gasteiger charge is -2.22. The largest absolute Gasteiger partial charge is 0.370 e. The van der Waals surface area contributed by atoms with Gasteiger partial charge >= 0.3 is 0 Å². The van der Waals surface area contributed by atoms with Crippen LogP contribution in [0.5, 0.6) is 0 Å². The Kier molecular flexibility index (Phi) is 3.32. The number of pyridine rings is 1. The van der Waals surface area contributed by atoms with Crippen LogP contribution in [0.4, 0.5) is 10.1 Å². The number of benzene rings is 1. The van der Waals surface area contributed by atoms with Crippen LogP contribution in [0.2, 0.25) is 0 Å². The molecule has 4 heteroatoms. The first-order valence-electron chi connectivity index (χ1n) is 8.04. The van der Waals surface area contributed by atoms with Gasteiger partial charge in [0.1, 0.15) is 5.82 Å². The zero-order valence-corrected chi connectivity index (χ0v) is 12.5. The maximum absolute atomic E-state index is 13.7. The summed E-state index contributed by atoms with van der Waals surface area (Å²) in [5.74, 6) is 1.14. The first-order valence-corrected chi connectivity index (χ1v) is 8.04. The Bertz CT molecular complexity index is 716. The highest BCUT2D eigenvalue weighted by atomic mass is 19.1. The van der Waals surface area contributed by atoms with Gasteiger partial charge in [0.05, 0.1) is 16.8 Å². The minimum absolute atomic E-state index is 0.282. The van der Waals surface area contributed by atoms with Gasteiger partial charge in [0, 0.05) is 24.7 Å². The van der Waals surface area contributed by atoms with Crippen LogP contribution in [0, 0.1) is 17.7 Å². The summed E-state index contributed by atoms with van der Waals surface area (Å²) in [6.07, 6.45) is 7.62. The number of hydrogen-bond donors (Lipinski definition) is 0. The van der Waals surface area contributed by atoms with E-state index in [1.54, 1.807) is 12.3 Å². The van der Waals surface area contributed by atoms with Crippen molar-refractivity contribution in [1.29, 1.82) is 0 Å². The summed E-state index contributed by atoms with van der Waals surface area (Å²) in [6, 6.07) is 4.61. The number of carbonyl (C=O) groups is 1. The van der Waals surface area contributed by atoms with E-state index in [1.807, 2.05) is 0 Å². The summed E-state index contributed by atoms with van der Waals surface area (Å²) >= 11 is 0. The lowest BCUT2D eigenvalue weighted by molar-refractivity contribution is 0.112. The maximum Gasteiger partial charge on any atom is 0.153 e. The number of rotatable bonds is 2. The Balaban J connectivity index is 1.82. The third-order valence-electron chi connectivity index (χ3n) is 5.25. The predicted molar refractivity (Wildman–Crippen MR) is 84.7 cm³/mol. The quantitative estimate of drug-likeness (QED) is 0.790. The molecule has 114 valence electrons. The molecule has 0 spiro atoms. The van der Waals surface area contributed by atoms with Crippen molar-refractivity contribution in [2.24, 2.45) is 11.8 Å². The smallest absolute Gasteiger partial charge is 0.153 e. The molecule has 0 N–H and O–H groups in total. The number of anilines is 1. The Hall–Kier alpha value is -1.97. The van der Waals surface area contributed by atoms with Gasteiger partial charge in [-0.2, -0.15) is 0 Å². The molecule has 0 radical (unpaired) electrons. The molecule has 22 heavy (non-hydrogen) atoms. The third kappa shape index (κ3) is 2.18. The highest BCUT2D eigenvalue weighted by molar-refractivity contribution is 6.00. The lowest BCUT2D eigenvalue weighted by Crippen LogP contribution is -2.22. The van der Waals surface area contributed by atoms with Crippen LogP contribution in [0.3, 0.4) is 0 Å². The molecule has 2 aliphatic rings. The topological polar surface area (TPSA) is 33.2 Å². The van der Waals surface area contributed by atoms with Crippen molar-refractivity contribution in [2.45, 2.75) is 25.7 Å². The molecule has 1 saturated carbocycles. The van der Waals surface area contributed by atoms with Crippen LogP contribution in [0.25, 0.3) is 10.9 Å². The number of hydrogen-bond acceptors (Lipinski definition) is 3. The highest BCUT2D eigenvalue weighted by Crippen LogP contribution is 2.40. The van der Waals surface area contributed by atoms with Crippen LogP contribution >= 0.6 is 0 Å². The predicted octanol–water partition coefficient (Wildman–Crippen LogP) is 3.81. The molecule has 4 rings (SSSR count). The van der Waals surface area contributed by atoms with Crippen LogP contribution in [-0.2, 0) is 0 Å². The number of aldehydes is 1. The van der Waals surface area contributed by atoms with Crippen LogP contribution < -0.4 is 4.90 Å². The Labute approximate surface area is 129 Å². The van der Waals surface area contributed by atoms with E-state index < -0.39 is 0 Å². The van der Waals surface area contributed by atoms with Gasteiger partial charge in [0.2, 0.25) is 0 Å². The summed E-state index contributed by atoms with van der Waals surface area (Å²) in [5.41, 5.74) is 2.18. The average Bonchev–Trinajstić information content (AvgIpc) is 2.97. The molecule has 1 saturated heterocycles. The average molecular weight is 298 g/mol. The molecule has 1 aliphatic carbocycles. The number of fused-ring (bicyclic) bond motifs is 2. The van der Waals surface area contributed by atoms with Crippen LogP contribution in [0.1, 0.15) is 36.0 Å². The second-order valence-corrected chi connectivity index (χ2v) is 6.55. The van der Waals surface area contributed by atoms with Crippen molar-refractivity contribution in [3.63, 3.8) is 0 Å². The molecule has 2 aromatic rings. The van der Waals surface area contributed by atoms with E-state index in [0.717, 1.165) is 36.0 Å². The van der Waals surface area contributed by atoms with Gasteiger partial charge in [-0.15, -0.1) is 0 Å². The number of carbonyl (C=O) groups excluding carboxylic acids is 1. The van der Waals surface area contributed by atoms with Crippen molar-refractivity contribution >= 4 is 22.9 Å². The van der Waals surface area contributed by atoms with E-state index in [9.17, 15) is 9.18 Å².